The number of nitrogens with zero attached hydrogens (tertiary/aromatic N) is 2. The summed E-state index contributed by atoms with van der Waals surface area (Å²) in [7, 11) is 2.49. The van der Waals surface area contributed by atoms with E-state index in [1.54, 1.807) is 55.1 Å². The lowest BCUT2D eigenvalue weighted by atomic mass is 9.89. The van der Waals surface area contributed by atoms with Crippen LogP contribution >= 0.6 is 0 Å². The number of pyridine rings is 2. The van der Waals surface area contributed by atoms with E-state index in [1.165, 1.54) is 18.8 Å². The van der Waals surface area contributed by atoms with Gasteiger partial charge in [-0.15, -0.1) is 0 Å². The van der Waals surface area contributed by atoms with Gasteiger partial charge in [-0.3, -0.25) is 4.98 Å². The summed E-state index contributed by atoms with van der Waals surface area (Å²) in [6.45, 7) is 0. The normalized spacial score (nSPS) is 10.9. The van der Waals surface area contributed by atoms with Gasteiger partial charge in [-0.05, 0) is 23.3 Å². The van der Waals surface area contributed by atoms with Gasteiger partial charge in [0.15, 0.2) is 12.4 Å². The Morgan fingerprint density at radius 3 is 1.85 bits per heavy atom. The van der Waals surface area contributed by atoms with Crippen LogP contribution in [0, 0.1) is 0 Å². The van der Waals surface area contributed by atoms with Crippen molar-refractivity contribution in [3.05, 3.63) is 84.9 Å². The number of esters is 2. The molecule has 2 heterocycles. The first-order valence-electron chi connectivity index (χ1n) is 8.29. The van der Waals surface area contributed by atoms with Gasteiger partial charge in [-0.2, -0.15) is 4.57 Å². The fraction of sp³-hybridized carbons (Fsp3) is 0.143. The summed E-state index contributed by atoms with van der Waals surface area (Å²) < 4.78 is 11.5. The Bertz CT molecular complexity index is 909. The second kappa shape index (κ2) is 7.78. The molecule has 1 aromatic carbocycles. The number of hydrogen-bond acceptors (Lipinski definition) is 5. The van der Waals surface area contributed by atoms with Crippen LogP contribution in [-0.4, -0.2) is 31.1 Å². The molecule has 0 spiro atoms. The van der Waals surface area contributed by atoms with Crippen LogP contribution in [-0.2, 0) is 24.6 Å². The van der Waals surface area contributed by atoms with E-state index in [9.17, 15) is 9.59 Å². The van der Waals surface area contributed by atoms with Gasteiger partial charge in [-0.25, -0.2) is 9.59 Å². The Balaban J connectivity index is 2.19. The number of aromatic nitrogens is 2. The molecule has 6 heteroatoms. The number of carbonyl (C=O) groups is 2. The first-order chi connectivity index (χ1) is 13.1. The van der Waals surface area contributed by atoms with Gasteiger partial charge >= 0.3 is 17.5 Å². The molecule has 0 fully saturated rings. The average molecular weight is 363 g/mol. The summed E-state index contributed by atoms with van der Waals surface area (Å²) in [4.78, 5) is 29.7. The fourth-order valence-corrected chi connectivity index (χ4v) is 3.04. The zero-order valence-corrected chi connectivity index (χ0v) is 15.0. The maximum atomic E-state index is 12.8. The topological polar surface area (TPSA) is 69.4 Å². The number of hydrogen-bond donors (Lipinski definition) is 0. The molecule has 3 aromatic rings. The van der Waals surface area contributed by atoms with E-state index in [0.29, 0.717) is 5.56 Å². The van der Waals surface area contributed by atoms with Crippen LogP contribution in [0.25, 0.3) is 11.1 Å². The number of methoxy groups -OCH3 is 2. The molecule has 3 rings (SSSR count). The summed E-state index contributed by atoms with van der Waals surface area (Å²) >= 11 is 0. The van der Waals surface area contributed by atoms with Gasteiger partial charge in [-0.1, -0.05) is 30.3 Å². The highest BCUT2D eigenvalue weighted by Gasteiger charge is 2.59. The lowest BCUT2D eigenvalue weighted by Gasteiger charge is -2.23. The highest BCUT2D eigenvalue weighted by molar-refractivity contribution is 6.03. The third-order valence-electron chi connectivity index (χ3n) is 4.38. The summed E-state index contributed by atoms with van der Waals surface area (Å²) in [5.74, 6) is -1.47. The van der Waals surface area contributed by atoms with Crippen molar-refractivity contribution in [3.8, 4) is 11.1 Å². The molecular weight excluding hydrogens is 344 g/mol. The van der Waals surface area contributed by atoms with E-state index in [2.05, 4.69) is 4.98 Å². The molecule has 27 heavy (non-hydrogen) atoms. The molecule has 136 valence electrons. The van der Waals surface area contributed by atoms with Gasteiger partial charge < -0.3 is 9.47 Å². The molecule has 0 atom stereocenters. The average Bonchev–Trinajstić information content (AvgIpc) is 2.75. The molecule has 0 radical (unpaired) electrons. The number of ether oxygens (including phenoxy) is 2. The van der Waals surface area contributed by atoms with Crippen molar-refractivity contribution in [3.63, 3.8) is 0 Å². The summed E-state index contributed by atoms with van der Waals surface area (Å²) in [5.41, 5.74) is 0.566. The molecule has 0 aliphatic carbocycles. The van der Waals surface area contributed by atoms with Gasteiger partial charge in [0.1, 0.15) is 0 Å². The van der Waals surface area contributed by atoms with E-state index in [0.717, 1.165) is 11.1 Å². The van der Waals surface area contributed by atoms with Gasteiger partial charge in [0.05, 0.1) is 14.2 Å². The number of rotatable bonds is 5. The molecule has 0 N–H and O–H groups in total. The quantitative estimate of drug-likeness (QED) is 0.395. The van der Waals surface area contributed by atoms with Crippen LogP contribution < -0.4 is 4.57 Å². The predicted molar refractivity (Wildman–Crippen MR) is 97.4 cm³/mol. The van der Waals surface area contributed by atoms with Crippen molar-refractivity contribution in [2.24, 2.45) is 0 Å². The maximum Gasteiger partial charge on any atom is 0.396 e. The Kier molecular flexibility index (Phi) is 5.26. The minimum absolute atomic E-state index is 0.449. The van der Waals surface area contributed by atoms with Crippen LogP contribution in [0.15, 0.2) is 79.4 Å². The molecule has 0 bridgehead atoms. The van der Waals surface area contributed by atoms with Crippen molar-refractivity contribution in [2.75, 3.05) is 14.2 Å². The van der Waals surface area contributed by atoms with Crippen molar-refractivity contribution in [1.82, 2.24) is 4.98 Å². The van der Waals surface area contributed by atoms with Crippen molar-refractivity contribution in [1.29, 1.82) is 0 Å². The molecule has 0 aliphatic rings. The third kappa shape index (κ3) is 3.17. The minimum atomic E-state index is -1.78. The van der Waals surface area contributed by atoms with Crippen LogP contribution in [0.2, 0.25) is 0 Å². The first kappa shape index (κ1) is 18.3. The zero-order chi connectivity index (χ0) is 19.3. The standard InChI is InChI=1S/C21H19N2O4/c1-26-19(24)21(20(25)27-2,18-6-4-3-5-7-18)23-14-10-17(11-15-23)16-8-12-22-13-9-16/h3-15H,1-2H3/q+1. The second-order valence-electron chi connectivity index (χ2n) is 5.79. The third-order valence-corrected chi connectivity index (χ3v) is 4.38. The largest absolute Gasteiger partial charge is 0.463 e. The molecule has 2 aromatic heterocycles. The van der Waals surface area contributed by atoms with Crippen molar-refractivity contribution >= 4 is 11.9 Å². The van der Waals surface area contributed by atoms with Gasteiger partial charge in [0.2, 0.25) is 0 Å². The maximum absolute atomic E-state index is 12.8. The zero-order valence-electron chi connectivity index (χ0n) is 15.0. The monoisotopic (exact) mass is 363 g/mol. The minimum Gasteiger partial charge on any atom is -0.463 e. The molecule has 0 saturated heterocycles. The van der Waals surface area contributed by atoms with E-state index in [1.807, 2.05) is 24.3 Å². The summed E-state index contributed by atoms with van der Waals surface area (Å²) in [6, 6.07) is 16.1. The predicted octanol–water partition coefficient (Wildman–Crippen LogP) is 2.13. The Morgan fingerprint density at radius 1 is 0.815 bits per heavy atom. The van der Waals surface area contributed by atoms with Gasteiger partial charge in [0.25, 0.3) is 0 Å². The number of carbonyl (C=O) groups excluding carboxylic acids is 2. The molecule has 0 saturated carbocycles. The van der Waals surface area contributed by atoms with Crippen LogP contribution in [0.4, 0.5) is 0 Å². The summed E-state index contributed by atoms with van der Waals surface area (Å²) in [6.07, 6.45) is 6.73. The Morgan fingerprint density at radius 2 is 1.33 bits per heavy atom. The van der Waals surface area contributed by atoms with Crippen LogP contribution in [0.3, 0.4) is 0 Å². The Hall–Kier alpha value is -3.54. The lowest BCUT2D eigenvalue weighted by molar-refractivity contribution is -0.727. The highest BCUT2D eigenvalue weighted by Crippen LogP contribution is 2.25. The first-order valence-corrected chi connectivity index (χ1v) is 8.29. The second-order valence-corrected chi connectivity index (χ2v) is 5.79. The summed E-state index contributed by atoms with van der Waals surface area (Å²) in [5, 5.41) is 0. The molecule has 0 aliphatic heterocycles. The van der Waals surface area contributed by atoms with E-state index < -0.39 is 17.5 Å². The fourth-order valence-electron chi connectivity index (χ4n) is 3.04. The van der Waals surface area contributed by atoms with E-state index in [-0.39, 0.29) is 0 Å². The smallest absolute Gasteiger partial charge is 0.396 e. The van der Waals surface area contributed by atoms with Crippen molar-refractivity contribution < 1.29 is 23.6 Å². The van der Waals surface area contributed by atoms with E-state index >= 15 is 0 Å². The SMILES string of the molecule is COC(=O)C(C(=O)OC)(c1ccccc1)[n+]1ccc(-c2ccncc2)cc1. The van der Waals surface area contributed by atoms with Crippen LogP contribution in [0.1, 0.15) is 5.56 Å². The van der Waals surface area contributed by atoms with Crippen LogP contribution in [0.5, 0.6) is 0 Å². The lowest BCUT2D eigenvalue weighted by Crippen LogP contribution is -2.67. The highest BCUT2D eigenvalue weighted by atomic mass is 16.5. The van der Waals surface area contributed by atoms with Crippen molar-refractivity contribution in [2.45, 2.75) is 5.54 Å². The molecular formula is C21H19N2O4+. The van der Waals surface area contributed by atoms with Gasteiger partial charge in [0, 0.05) is 30.1 Å². The van der Waals surface area contributed by atoms with E-state index in [4.69, 9.17) is 9.47 Å². The Labute approximate surface area is 157 Å². The molecule has 0 amide bonds. The molecule has 0 unspecified atom stereocenters. The number of benzene rings is 1. The molecule has 6 nitrogen and oxygen atoms in total.